The first kappa shape index (κ1) is 21.5. The molecule has 0 amide bonds. The highest BCUT2D eigenvalue weighted by Crippen LogP contribution is 2.32. The van der Waals surface area contributed by atoms with Gasteiger partial charge in [0, 0.05) is 49.2 Å². The quantitative estimate of drug-likeness (QED) is 0.404. The lowest BCUT2D eigenvalue weighted by atomic mass is 10.1. The fourth-order valence-corrected chi connectivity index (χ4v) is 4.93. The second kappa shape index (κ2) is 8.54. The number of rotatable bonds is 4. The first-order chi connectivity index (χ1) is 15.9. The van der Waals surface area contributed by atoms with Crippen molar-refractivity contribution in [2.24, 2.45) is 0 Å². The summed E-state index contributed by atoms with van der Waals surface area (Å²) in [6.45, 7) is 14.8. The molecule has 0 aliphatic carbocycles. The van der Waals surface area contributed by atoms with E-state index in [0.29, 0.717) is 5.92 Å². The fourth-order valence-electron chi connectivity index (χ4n) is 4.93. The maximum absolute atomic E-state index is 5.07. The topological polar surface area (TPSA) is 36.7 Å². The van der Waals surface area contributed by atoms with Crippen molar-refractivity contribution in [3.05, 3.63) is 77.1 Å². The van der Waals surface area contributed by atoms with E-state index in [4.69, 9.17) is 10.1 Å². The number of hydrogen-bond donors (Lipinski definition) is 0. The number of hydrogen-bond acceptors (Lipinski definition) is 4. The fraction of sp³-hybridized carbons (Fsp3) is 0.357. The molecule has 33 heavy (non-hydrogen) atoms. The van der Waals surface area contributed by atoms with Gasteiger partial charge in [0.05, 0.1) is 5.69 Å². The van der Waals surface area contributed by atoms with Gasteiger partial charge in [0.25, 0.3) is 0 Å². The van der Waals surface area contributed by atoms with Gasteiger partial charge in [-0.3, -0.25) is 0 Å². The molecule has 5 rings (SSSR count). The number of fused-ring (bicyclic) bond motifs is 1. The number of anilines is 2. The Morgan fingerprint density at radius 3 is 2.18 bits per heavy atom. The Balaban J connectivity index is 1.52. The van der Waals surface area contributed by atoms with Crippen LogP contribution in [0.1, 0.15) is 42.3 Å². The highest BCUT2D eigenvalue weighted by Gasteiger charge is 2.24. The van der Waals surface area contributed by atoms with Crippen LogP contribution in [0.5, 0.6) is 0 Å². The standard InChI is InChI=1S/C28H33N5/c1-19(2)24-18-26(32-15-13-31(14-16-32)25-12-11-20(3)17-21(25)4)33-28(29-24)27(22(5)30-33)23-9-7-6-8-10-23/h6-12,17-19H,13-16H2,1-5H3. The molecule has 4 aromatic rings. The Morgan fingerprint density at radius 1 is 0.818 bits per heavy atom. The van der Waals surface area contributed by atoms with Gasteiger partial charge in [-0.2, -0.15) is 9.61 Å². The summed E-state index contributed by atoms with van der Waals surface area (Å²) >= 11 is 0. The van der Waals surface area contributed by atoms with Gasteiger partial charge in [-0.25, -0.2) is 4.98 Å². The minimum absolute atomic E-state index is 0.351. The molecule has 0 atom stereocenters. The van der Waals surface area contributed by atoms with Crippen LogP contribution in [-0.2, 0) is 0 Å². The van der Waals surface area contributed by atoms with E-state index in [1.54, 1.807) is 0 Å². The van der Waals surface area contributed by atoms with Gasteiger partial charge in [0.1, 0.15) is 5.82 Å². The molecular weight excluding hydrogens is 406 g/mol. The van der Waals surface area contributed by atoms with E-state index < -0.39 is 0 Å². The van der Waals surface area contributed by atoms with Gasteiger partial charge in [0.2, 0.25) is 0 Å². The lowest BCUT2D eigenvalue weighted by molar-refractivity contribution is 0.635. The Morgan fingerprint density at radius 2 is 1.52 bits per heavy atom. The van der Waals surface area contributed by atoms with Crippen LogP contribution in [0.2, 0.25) is 0 Å². The molecule has 0 N–H and O–H groups in total. The maximum Gasteiger partial charge on any atom is 0.165 e. The van der Waals surface area contributed by atoms with Gasteiger partial charge in [0.15, 0.2) is 5.65 Å². The largest absolute Gasteiger partial charge is 0.368 e. The molecule has 1 aliphatic heterocycles. The molecule has 3 heterocycles. The van der Waals surface area contributed by atoms with Crippen molar-refractivity contribution in [1.82, 2.24) is 14.6 Å². The minimum atomic E-state index is 0.351. The summed E-state index contributed by atoms with van der Waals surface area (Å²) in [6.07, 6.45) is 0. The summed E-state index contributed by atoms with van der Waals surface area (Å²) < 4.78 is 2.07. The van der Waals surface area contributed by atoms with E-state index in [1.165, 1.54) is 22.4 Å². The van der Waals surface area contributed by atoms with Crippen molar-refractivity contribution in [1.29, 1.82) is 0 Å². The number of piperazine rings is 1. The summed E-state index contributed by atoms with van der Waals surface area (Å²) in [5.41, 5.74) is 9.42. The SMILES string of the molecule is Cc1ccc(N2CCN(c3cc(C(C)C)nc4c(-c5ccccc5)c(C)nn34)CC2)c(C)c1. The van der Waals surface area contributed by atoms with Crippen molar-refractivity contribution < 1.29 is 0 Å². The van der Waals surface area contributed by atoms with E-state index in [2.05, 4.69) is 104 Å². The average molecular weight is 440 g/mol. The minimum Gasteiger partial charge on any atom is -0.368 e. The van der Waals surface area contributed by atoms with Gasteiger partial charge in [-0.15, -0.1) is 0 Å². The molecule has 0 radical (unpaired) electrons. The zero-order valence-corrected chi connectivity index (χ0v) is 20.3. The lowest BCUT2D eigenvalue weighted by Gasteiger charge is -2.38. The molecule has 0 unspecified atom stereocenters. The predicted molar refractivity (Wildman–Crippen MR) is 138 cm³/mol. The first-order valence-corrected chi connectivity index (χ1v) is 11.9. The number of nitrogens with zero attached hydrogens (tertiary/aromatic N) is 5. The lowest BCUT2D eigenvalue weighted by Crippen LogP contribution is -2.47. The Hall–Kier alpha value is -3.34. The van der Waals surface area contributed by atoms with E-state index in [9.17, 15) is 0 Å². The average Bonchev–Trinajstić information content (AvgIpc) is 3.15. The third-order valence-corrected chi connectivity index (χ3v) is 6.72. The third-order valence-electron chi connectivity index (χ3n) is 6.72. The molecule has 0 saturated carbocycles. The van der Waals surface area contributed by atoms with Crippen LogP contribution in [0.15, 0.2) is 54.6 Å². The van der Waals surface area contributed by atoms with E-state index in [0.717, 1.165) is 54.6 Å². The van der Waals surface area contributed by atoms with Gasteiger partial charge >= 0.3 is 0 Å². The van der Waals surface area contributed by atoms with E-state index >= 15 is 0 Å². The molecular formula is C28H33N5. The molecule has 2 aromatic carbocycles. The molecule has 0 spiro atoms. The smallest absolute Gasteiger partial charge is 0.165 e. The van der Waals surface area contributed by atoms with E-state index in [-0.39, 0.29) is 0 Å². The van der Waals surface area contributed by atoms with Crippen LogP contribution < -0.4 is 9.80 Å². The van der Waals surface area contributed by atoms with Crippen LogP contribution in [0.3, 0.4) is 0 Å². The second-order valence-electron chi connectivity index (χ2n) is 9.52. The van der Waals surface area contributed by atoms with Crippen LogP contribution in [0.25, 0.3) is 16.8 Å². The summed E-state index contributed by atoms with van der Waals surface area (Å²) in [6, 6.07) is 19.5. The molecule has 2 aromatic heterocycles. The third kappa shape index (κ3) is 3.97. The monoisotopic (exact) mass is 439 g/mol. The van der Waals surface area contributed by atoms with Crippen LogP contribution >= 0.6 is 0 Å². The second-order valence-corrected chi connectivity index (χ2v) is 9.52. The zero-order chi connectivity index (χ0) is 23.1. The summed E-state index contributed by atoms with van der Waals surface area (Å²) in [5, 5.41) is 4.96. The normalized spacial score (nSPS) is 14.5. The van der Waals surface area contributed by atoms with Crippen molar-refractivity contribution >= 4 is 17.2 Å². The molecule has 1 fully saturated rings. The van der Waals surface area contributed by atoms with Gasteiger partial charge < -0.3 is 9.80 Å². The van der Waals surface area contributed by atoms with Crippen LogP contribution in [0, 0.1) is 20.8 Å². The van der Waals surface area contributed by atoms with Crippen molar-refractivity contribution in [2.75, 3.05) is 36.0 Å². The van der Waals surface area contributed by atoms with E-state index in [1.807, 2.05) is 0 Å². The molecule has 1 aliphatic rings. The summed E-state index contributed by atoms with van der Waals surface area (Å²) in [5.74, 6) is 1.50. The number of aromatic nitrogens is 3. The summed E-state index contributed by atoms with van der Waals surface area (Å²) in [4.78, 5) is 10.1. The molecule has 170 valence electrons. The molecule has 0 bridgehead atoms. The molecule has 1 saturated heterocycles. The Kier molecular flexibility index (Phi) is 5.57. The Bertz CT molecular complexity index is 1280. The predicted octanol–water partition coefficient (Wildman–Crippen LogP) is 5.77. The highest BCUT2D eigenvalue weighted by molar-refractivity contribution is 5.81. The Labute approximate surface area is 196 Å². The summed E-state index contributed by atoms with van der Waals surface area (Å²) in [7, 11) is 0. The van der Waals surface area contributed by atoms with Crippen molar-refractivity contribution in [3.8, 4) is 11.1 Å². The van der Waals surface area contributed by atoms with Gasteiger partial charge in [-0.1, -0.05) is 61.9 Å². The highest BCUT2D eigenvalue weighted by atomic mass is 15.4. The molecule has 5 heteroatoms. The van der Waals surface area contributed by atoms with Crippen LogP contribution in [-0.4, -0.2) is 40.8 Å². The first-order valence-electron chi connectivity index (χ1n) is 11.9. The molecule has 5 nitrogen and oxygen atoms in total. The van der Waals surface area contributed by atoms with Crippen LogP contribution in [0.4, 0.5) is 11.5 Å². The number of aryl methyl sites for hydroxylation is 3. The zero-order valence-electron chi connectivity index (χ0n) is 20.3. The van der Waals surface area contributed by atoms with Crippen molar-refractivity contribution in [2.45, 2.75) is 40.5 Å². The van der Waals surface area contributed by atoms with Gasteiger partial charge in [-0.05, 0) is 43.9 Å². The number of benzene rings is 2. The van der Waals surface area contributed by atoms with Crippen molar-refractivity contribution in [3.63, 3.8) is 0 Å². The maximum atomic E-state index is 5.07.